The molecule has 3 nitrogen and oxygen atoms in total. The summed E-state index contributed by atoms with van der Waals surface area (Å²) in [5.41, 5.74) is 7.73. The molecule has 0 aromatic heterocycles. The summed E-state index contributed by atoms with van der Waals surface area (Å²) in [5.74, 6) is 0.0593. The molecule has 0 saturated heterocycles. The maximum Gasteiger partial charge on any atom is 0.230 e. The maximum absolute atomic E-state index is 12.1. The SMILES string of the molecule is CCNC(=O)C(C)(C)c1cccc(C2(N)CC2)c1. The van der Waals surface area contributed by atoms with Gasteiger partial charge in [0.25, 0.3) is 0 Å². The van der Waals surface area contributed by atoms with Gasteiger partial charge in [0, 0.05) is 12.1 Å². The normalized spacial score (nSPS) is 17.3. The van der Waals surface area contributed by atoms with E-state index < -0.39 is 5.41 Å². The van der Waals surface area contributed by atoms with E-state index in [-0.39, 0.29) is 11.4 Å². The van der Waals surface area contributed by atoms with Crippen LogP contribution in [0.2, 0.25) is 0 Å². The molecule has 98 valence electrons. The summed E-state index contributed by atoms with van der Waals surface area (Å²) in [6.07, 6.45) is 2.08. The molecule has 3 N–H and O–H groups in total. The van der Waals surface area contributed by atoms with Crippen molar-refractivity contribution < 1.29 is 4.79 Å². The van der Waals surface area contributed by atoms with Gasteiger partial charge in [-0.05, 0) is 44.7 Å². The van der Waals surface area contributed by atoms with E-state index in [2.05, 4.69) is 17.4 Å². The Morgan fingerprint density at radius 1 is 1.44 bits per heavy atom. The lowest BCUT2D eigenvalue weighted by Gasteiger charge is -2.25. The average molecular weight is 246 g/mol. The molecule has 2 rings (SSSR count). The van der Waals surface area contributed by atoms with Gasteiger partial charge in [0.15, 0.2) is 0 Å². The lowest BCUT2D eigenvalue weighted by Crippen LogP contribution is -2.40. The molecule has 1 aliphatic rings. The molecule has 0 heterocycles. The molecule has 18 heavy (non-hydrogen) atoms. The molecule has 0 unspecified atom stereocenters. The molecule has 0 radical (unpaired) electrons. The summed E-state index contributed by atoms with van der Waals surface area (Å²) < 4.78 is 0. The van der Waals surface area contributed by atoms with Gasteiger partial charge < -0.3 is 11.1 Å². The molecule has 3 heteroatoms. The molecule has 0 atom stereocenters. The Bertz CT molecular complexity index is 461. The van der Waals surface area contributed by atoms with E-state index in [4.69, 9.17) is 5.73 Å². The molecule has 0 spiro atoms. The van der Waals surface area contributed by atoms with Gasteiger partial charge in [-0.3, -0.25) is 4.79 Å². The van der Waals surface area contributed by atoms with Crippen LogP contribution in [0.25, 0.3) is 0 Å². The Kier molecular flexibility index (Phi) is 3.20. The van der Waals surface area contributed by atoms with Crippen LogP contribution in [-0.2, 0) is 15.7 Å². The lowest BCUT2D eigenvalue weighted by atomic mass is 9.82. The highest BCUT2D eigenvalue weighted by Gasteiger charge is 2.40. The predicted molar refractivity (Wildman–Crippen MR) is 73.3 cm³/mol. The Morgan fingerprint density at radius 3 is 2.67 bits per heavy atom. The second kappa shape index (κ2) is 4.39. The van der Waals surface area contributed by atoms with E-state index in [1.807, 2.05) is 32.9 Å². The fourth-order valence-corrected chi connectivity index (χ4v) is 2.15. The number of carbonyl (C=O) groups excluding carboxylic acids is 1. The summed E-state index contributed by atoms with van der Waals surface area (Å²) in [6, 6.07) is 8.15. The number of benzene rings is 1. The fraction of sp³-hybridized carbons (Fsp3) is 0.533. The standard InChI is InChI=1S/C15H22N2O/c1-4-17-13(18)14(2,3)11-6-5-7-12(10-11)15(16)8-9-15/h5-7,10H,4,8-9,16H2,1-3H3,(H,17,18). The van der Waals surface area contributed by atoms with E-state index in [9.17, 15) is 4.79 Å². The van der Waals surface area contributed by atoms with E-state index in [1.165, 1.54) is 0 Å². The Balaban J connectivity index is 2.30. The highest BCUT2D eigenvalue weighted by atomic mass is 16.2. The Morgan fingerprint density at radius 2 is 2.11 bits per heavy atom. The Hall–Kier alpha value is -1.35. The van der Waals surface area contributed by atoms with E-state index in [0.717, 1.165) is 24.0 Å². The van der Waals surface area contributed by atoms with Gasteiger partial charge in [-0.2, -0.15) is 0 Å². The number of rotatable bonds is 4. The highest BCUT2D eigenvalue weighted by molar-refractivity contribution is 5.87. The van der Waals surface area contributed by atoms with Crippen LogP contribution in [0.3, 0.4) is 0 Å². The minimum absolute atomic E-state index is 0.0593. The zero-order valence-electron chi connectivity index (χ0n) is 11.4. The second-order valence-electron chi connectivity index (χ2n) is 5.72. The third-order valence-electron chi connectivity index (χ3n) is 3.85. The van der Waals surface area contributed by atoms with Crippen LogP contribution in [0.4, 0.5) is 0 Å². The van der Waals surface area contributed by atoms with Gasteiger partial charge >= 0.3 is 0 Å². The largest absolute Gasteiger partial charge is 0.356 e. The van der Waals surface area contributed by atoms with Crippen LogP contribution in [0.1, 0.15) is 44.7 Å². The number of likely N-dealkylation sites (N-methyl/N-ethyl adjacent to an activating group) is 1. The first-order chi connectivity index (χ1) is 8.40. The number of nitrogens with one attached hydrogen (secondary N) is 1. The van der Waals surface area contributed by atoms with E-state index in [0.29, 0.717) is 6.54 Å². The molecule has 1 aliphatic carbocycles. The first-order valence-corrected chi connectivity index (χ1v) is 6.58. The molecule has 0 aliphatic heterocycles. The van der Waals surface area contributed by atoms with Crippen molar-refractivity contribution in [3.8, 4) is 0 Å². The topological polar surface area (TPSA) is 55.1 Å². The van der Waals surface area contributed by atoms with Gasteiger partial charge in [-0.15, -0.1) is 0 Å². The van der Waals surface area contributed by atoms with Crippen LogP contribution < -0.4 is 11.1 Å². The summed E-state index contributed by atoms with van der Waals surface area (Å²) in [6.45, 7) is 6.49. The minimum Gasteiger partial charge on any atom is -0.356 e. The van der Waals surface area contributed by atoms with Crippen LogP contribution in [0, 0.1) is 0 Å². The number of carbonyl (C=O) groups is 1. The van der Waals surface area contributed by atoms with Crippen molar-refractivity contribution in [1.82, 2.24) is 5.32 Å². The van der Waals surface area contributed by atoms with Crippen molar-refractivity contribution in [1.29, 1.82) is 0 Å². The van der Waals surface area contributed by atoms with Crippen molar-refractivity contribution in [2.24, 2.45) is 5.73 Å². The number of hydrogen-bond acceptors (Lipinski definition) is 2. The summed E-state index contributed by atoms with van der Waals surface area (Å²) in [4.78, 5) is 12.1. The first-order valence-electron chi connectivity index (χ1n) is 6.58. The highest BCUT2D eigenvalue weighted by Crippen LogP contribution is 2.43. The second-order valence-corrected chi connectivity index (χ2v) is 5.72. The van der Waals surface area contributed by atoms with Crippen molar-refractivity contribution in [2.75, 3.05) is 6.54 Å². The van der Waals surface area contributed by atoms with E-state index >= 15 is 0 Å². The maximum atomic E-state index is 12.1. The molecule has 1 saturated carbocycles. The van der Waals surface area contributed by atoms with Crippen molar-refractivity contribution in [3.05, 3.63) is 35.4 Å². The third kappa shape index (κ3) is 2.27. The molecule has 1 aromatic carbocycles. The van der Waals surface area contributed by atoms with Gasteiger partial charge in [0.2, 0.25) is 5.91 Å². The monoisotopic (exact) mass is 246 g/mol. The lowest BCUT2D eigenvalue weighted by molar-refractivity contribution is -0.125. The van der Waals surface area contributed by atoms with Crippen molar-refractivity contribution >= 4 is 5.91 Å². The predicted octanol–water partition coefficient (Wildman–Crippen LogP) is 2.05. The fourth-order valence-electron chi connectivity index (χ4n) is 2.15. The van der Waals surface area contributed by atoms with Crippen LogP contribution >= 0.6 is 0 Å². The van der Waals surface area contributed by atoms with Crippen LogP contribution in [-0.4, -0.2) is 12.5 Å². The molecule has 0 bridgehead atoms. The number of amides is 1. The molecule has 1 fully saturated rings. The van der Waals surface area contributed by atoms with Crippen LogP contribution in [0.15, 0.2) is 24.3 Å². The molecular formula is C15H22N2O. The van der Waals surface area contributed by atoms with Gasteiger partial charge in [-0.25, -0.2) is 0 Å². The molecular weight excluding hydrogens is 224 g/mol. The van der Waals surface area contributed by atoms with Gasteiger partial charge in [0.1, 0.15) is 0 Å². The summed E-state index contributed by atoms with van der Waals surface area (Å²) in [7, 11) is 0. The Labute approximate surface area is 109 Å². The summed E-state index contributed by atoms with van der Waals surface area (Å²) >= 11 is 0. The van der Waals surface area contributed by atoms with Crippen molar-refractivity contribution in [2.45, 2.75) is 44.6 Å². The average Bonchev–Trinajstić information content (AvgIpc) is 3.09. The van der Waals surface area contributed by atoms with Crippen LogP contribution in [0.5, 0.6) is 0 Å². The quantitative estimate of drug-likeness (QED) is 0.854. The number of hydrogen-bond donors (Lipinski definition) is 2. The smallest absolute Gasteiger partial charge is 0.230 e. The van der Waals surface area contributed by atoms with Gasteiger partial charge in [-0.1, -0.05) is 24.3 Å². The zero-order valence-corrected chi connectivity index (χ0v) is 11.4. The molecule has 1 amide bonds. The van der Waals surface area contributed by atoms with Crippen molar-refractivity contribution in [3.63, 3.8) is 0 Å². The van der Waals surface area contributed by atoms with Gasteiger partial charge in [0.05, 0.1) is 5.41 Å². The van der Waals surface area contributed by atoms with E-state index in [1.54, 1.807) is 0 Å². The zero-order chi connectivity index (χ0) is 13.4. The molecule has 1 aromatic rings. The summed E-state index contributed by atoms with van der Waals surface area (Å²) in [5, 5.41) is 2.89. The minimum atomic E-state index is -0.517. The first kappa shape index (κ1) is 13.1. The third-order valence-corrected chi connectivity index (χ3v) is 3.85. The number of nitrogens with two attached hydrogens (primary N) is 1.